The summed E-state index contributed by atoms with van der Waals surface area (Å²) in [4.78, 5) is 41.2. The van der Waals surface area contributed by atoms with Crippen LogP contribution in [0.15, 0.2) is 86.4 Å². The summed E-state index contributed by atoms with van der Waals surface area (Å²) < 4.78 is 17.5. The van der Waals surface area contributed by atoms with Crippen LogP contribution in [0.3, 0.4) is 0 Å². The van der Waals surface area contributed by atoms with E-state index in [1.807, 2.05) is 13.8 Å². The van der Waals surface area contributed by atoms with Crippen LogP contribution in [-0.4, -0.2) is 46.3 Å². The van der Waals surface area contributed by atoms with Crippen LogP contribution >= 0.6 is 27.7 Å². The van der Waals surface area contributed by atoms with Crippen LogP contribution in [0.25, 0.3) is 6.08 Å². The number of amides is 1. The highest BCUT2D eigenvalue weighted by molar-refractivity contribution is 9.10. The van der Waals surface area contributed by atoms with Gasteiger partial charge in [0, 0.05) is 10.0 Å². The molecule has 3 aromatic carbocycles. The number of aromatic carboxylic acids is 1. The number of halogens is 1. The third-order valence-corrected chi connectivity index (χ3v) is 7.82. The Morgan fingerprint density at radius 3 is 2.21 bits per heavy atom. The van der Waals surface area contributed by atoms with Crippen LogP contribution in [-0.2, 0) is 16.1 Å². The van der Waals surface area contributed by atoms with Crippen molar-refractivity contribution in [1.82, 2.24) is 0 Å². The van der Waals surface area contributed by atoms with Crippen LogP contribution in [0.2, 0.25) is 0 Å². The Morgan fingerprint density at radius 2 is 1.58 bits per heavy atom. The topological polar surface area (TPSA) is 132 Å². The number of ether oxygens (including phenoxy) is 3. The van der Waals surface area contributed by atoms with E-state index in [9.17, 15) is 19.5 Å². The Balaban J connectivity index is 1.65. The molecule has 0 spiro atoms. The molecular formula is C32H28BrNO8S. The summed E-state index contributed by atoms with van der Waals surface area (Å²) in [5, 5.41) is 20.2. The smallest absolute Gasteiger partial charge is 0.344 e. The van der Waals surface area contributed by atoms with E-state index >= 15 is 0 Å². The Hall–Kier alpha value is -4.35. The lowest BCUT2D eigenvalue weighted by Crippen LogP contribution is -2.14. The molecule has 0 aliphatic carbocycles. The van der Waals surface area contributed by atoms with E-state index in [-0.39, 0.29) is 40.1 Å². The van der Waals surface area contributed by atoms with E-state index in [0.717, 1.165) is 22.9 Å². The molecule has 1 heterocycles. The summed E-state index contributed by atoms with van der Waals surface area (Å²) in [7, 11) is 0. The fourth-order valence-electron chi connectivity index (χ4n) is 3.93. The number of aliphatic imine (C=N–C) groups is 1. The number of aryl methyl sites for hydroxylation is 1. The lowest BCUT2D eigenvalue weighted by Gasteiger charge is -2.14. The van der Waals surface area contributed by atoms with Gasteiger partial charge >= 0.3 is 11.9 Å². The second kappa shape index (κ2) is 14.2. The zero-order valence-corrected chi connectivity index (χ0v) is 26.0. The summed E-state index contributed by atoms with van der Waals surface area (Å²) in [5.74, 6) is -1.84. The number of carbonyl (C=O) groups is 3. The summed E-state index contributed by atoms with van der Waals surface area (Å²) >= 11 is 4.52. The van der Waals surface area contributed by atoms with Crippen molar-refractivity contribution in [2.75, 3.05) is 13.2 Å². The molecule has 9 nitrogen and oxygen atoms in total. The summed E-state index contributed by atoms with van der Waals surface area (Å²) in [6.45, 7) is 5.97. The zero-order chi connectivity index (χ0) is 31.1. The number of carbonyl (C=O) groups excluding carboxylic acids is 2. The van der Waals surface area contributed by atoms with Gasteiger partial charge in [-0.3, -0.25) is 4.79 Å². The second-order valence-corrected chi connectivity index (χ2v) is 11.1. The Bertz CT molecular complexity index is 1640. The number of rotatable bonds is 10. The van der Waals surface area contributed by atoms with Gasteiger partial charge in [-0.1, -0.05) is 57.5 Å². The largest absolute Gasteiger partial charge is 0.506 e. The molecule has 0 saturated heterocycles. The Morgan fingerprint density at radius 1 is 0.930 bits per heavy atom. The number of thioether (sulfide) groups is 1. The van der Waals surface area contributed by atoms with Crippen molar-refractivity contribution < 1.29 is 38.8 Å². The molecule has 3 aromatic rings. The van der Waals surface area contributed by atoms with Gasteiger partial charge in [-0.05, 0) is 74.4 Å². The lowest BCUT2D eigenvalue weighted by atomic mass is 10.1. The van der Waals surface area contributed by atoms with Crippen molar-refractivity contribution >= 4 is 56.7 Å². The fourth-order valence-corrected chi connectivity index (χ4v) is 5.37. The van der Waals surface area contributed by atoms with Crippen LogP contribution < -0.4 is 9.47 Å². The van der Waals surface area contributed by atoms with Gasteiger partial charge < -0.3 is 24.4 Å². The molecule has 0 bridgehead atoms. The minimum Gasteiger partial charge on any atom is -0.506 e. The van der Waals surface area contributed by atoms with Gasteiger partial charge in [0.1, 0.15) is 23.0 Å². The molecular weight excluding hydrogens is 638 g/mol. The average molecular weight is 667 g/mol. The number of nitrogens with zero attached hydrogens (tertiary/aromatic N) is 1. The van der Waals surface area contributed by atoms with Crippen molar-refractivity contribution in [2.45, 2.75) is 27.4 Å². The fraction of sp³-hybridized carbons (Fsp3) is 0.188. The van der Waals surface area contributed by atoms with Gasteiger partial charge in [-0.2, -0.15) is 0 Å². The van der Waals surface area contributed by atoms with Gasteiger partial charge in [0.05, 0.1) is 23.7 Å². The molecule has 0 unspecified atom stereocenters. The first-order valence-corrected chi connectivity index (χ1v) is 14.8. The summed E-state index contributed by atoms with van der Waals surface area (Å²) in [6, 6.07) is 16.7. The van der Waals surface area contributed by atoms with Crippen molar-refractivity contribution in [2.24, 2.45) is 4.99 Å². The number of esters is 1. The monoisotopic (exact) mass is 665 g/mol. The van der Waals surface area contributed by atoms with Crippen LogP contribution in [0.1, 0.15) is 51.3 Å². The minimum absolute atomic E-state index is 0.0304. The van der Waals surface area contributed by atoms with E-state index in [0.29, 0.717) is 33.7 Å². The molecule has 0 aromatic heterocycles. The van der Waals surface area contributed by atoms with Gasteiger partial charge in [0.2, 0.25) is 0 Å². The maximum Gasteiger partial charge on any atom is 0.344 e. The first kappa shape index (κ1) is 31.6. The quantitative estimate of drug-likeness (QED) is 0.217. The summed E-state index contributed by atoms with van der Waals surface area (Å²) in [6.07, 6.45) is 1.64. The third kappa shape index (κ3) is 7.74. The molecule has 222 valence electrons. The maximum absolute atomic E-state index is 12.9. The SMILES string of the molecule is CCOC(=O)C1=C(O)/C(=C/c2cc(OCC)c(OCc3ccc(C(=O)O)cc3)cc2Br)SC1=NC(=O)c1ccc(C)cc1. The average Bonchev–Trinajstić information content (AvgIpc) is 3.28. The highest BCUT2D eigenvalue weighted by Gasteiger charge is 2.34. The number of aliphatic hydroxyl groups is 1. The highest BCUT2D eigenvalue weighted by atomic mass is 79.9. The normalized spacial score (nSPS) is 14.7. The molecule has 0 fully saturated rings. The number of carboxylic acid groups (broad SMARTS) is 1. The van der Waals surface area contributed by atoms with Crippen molar-refractivity contribution in [3.8, 4) is 11.5 Å². The van der Waals surface area contributed by atoms with Gasteiger partial charge in [0.25, 0.3) is 5.91 Å². The second-order valence-electron chi connectivity index (χ2n) is 9.19. The molecule has 1 aliphatic rings. The maximum atomic E-state index is 12.9. The summed E-state index contributed by atoms with van der Waals surface area (Å²) in [5.41, 5.74) is 2.69. The van der Waals surface area contributed by atoms with Gasteiger partial charge in [-0.15, -0.1) is 0 Å². The number of benzene rings is 3. The molecule has 4 rings (SSSR count). The predicted octanol–water partition coefficient (Wildman–Crippen LogP) is 7.14. The molecule has 0 saturated carbocycles. The Labute approximate surface area is 261 Å². The van der Waals surface area contributed by atoms with Crippen LogP contribution in [0, 0.1) is 6.92 Å². The number of hydrogen-bond acceptors (Lipinski definition) is 8. The number of hydrogen-bond donors (Lipinski definition) is 2. The minimum atomic E-state index is -1.01. The van der Waals surface area contributed by atoms with E-state index in [1.165, 1.54) is 12.1 Å². The standard InChI is InChI=1S/C32H28BrNO8S/c1-4-40-24-14-22(23(33)16-25(24)42-17-19-8-12-21(13-9-19)31(37)38)15-26-28(35)27(32(39)41-5-2)30(43-26)34-29(36)20-10-6-18(3)7-11-20/h6-16,35H,4-5,17H2,1-3H3,(H,37,38)/b26-15-,34-30?. The third-order valence-electron chi connectivity index (χ3n) is 6.12. The highest BCUT2D eigenvalue weighted by Crippen LogP contribution is 2.42. The molecule has 1 aliphatic heterocycles. The van der Waals surface area contributed by atoms with E-state index in [4.69, 9.17) is 19.3 Å². The molecule has 43 heavy (non-hydrogen) atoms. The Kier molecular flexibility index (Phi) is 10.4. The van der Waals surface area contributed by atoms with E-state index in [1.54, 1.807) is 61.5 Å². The number of aliphatic hydroxyl groups excluding tert-OH is 1. The van der Waals surface area contributed by atoms with Crippen LogP contribution in [0.4, 0.5) is 0 Å². The van der Waals surface area contributed by atoms with Crippen molar-refractivity contribution in [3.05, 3.63) is 109 Å². The molecule has 0 atom stereocenters. The van der Waals surface area contributed by atoms with Crippen LogP contribution in [0.5, 0.6) is 11.5 Å². The van der Waals surface area contributed by atoms with E-state index in [2.05, 4.69) is 20.9 Å². The zero-order valence-electron chi connectivity index (χ0n) is 23.5. The predicted molar refractivity (Wildman–Crippen MR) is 168 cm³/mol. The van der Waals surface area contributed by atoms with Crippen molar-refractivity contribution in [1.29, 1.82) is 0 Å². The number of carboxylic acids is 1. The first-order valence-electron chi connectivity index (χ1n) is 13.2. The van der Waals surface area contributed by atoms with Gasteiger partial charge in [-0.25, -0.2) is 14.6 Å². The lowest BCUT2D eigenvalue weighted by molar-refractivity contribution is -0.138. The molecule has 2 N–H and O–H groups in total. The first-order chi connectivity index (χ1) is 20.6. The molecule has 11 heteroatoms. The van der Waals surface area contributed by atoms with Crippen molar-refractivity contribution in [3.63, 3.8) is 0 Å². The molecule has 1 amide bonds. The van der Waals surface area contributed by atoms with Gasteiger partial charge in [0.15, 0.2) is 11.5 Å². The van der Waals surface area contributed by atoms with E-state index < -0.39 is 17.8 Å². The molecule has 0 radical (unpaired) electrons.